The number of piperidine rings is 1. The second-order valence-corrected chi connectivity index (χ2v) is 6.20. The van der Waals surface area contributed by atoms with Gasteiger partial charge >= 0.3 is 0 Å². The smallest absolute Gasteiger partial charge is 0.234 e. The highest BCUT2D eigenvalue weighted by Gasteiger charge is 2.35. The molecular formula is C14H27N3O. The van der Waals surface area contributed by atoms with E-state index in [4.69, 9.17) is 11.5 Å². The van der Waals surface area contributed by atoms with E-state index < -0.39 is 6.04 Å². The third-order valence-electron chi connectivity index (χ3n) is 4.95. The summed E-state index contributed by atoms with van der Waals surface area (Å²) in [6, 6.07) is -0.476. The van der Waals surface area contributed by atoms with Crippen LogP contribution in [0, 0.1) is 5.41 Å². The first-order valence-corrected chi connectivity index (χ1v) is 7.39. The fourth-order valence-electron chi connectivity index (χ4n) is 3.52. The molecule has 2 fully saturated rings. The standard InChI is InChI=1S/C14H27N3O/c15-12(13(16)18)4-9-17-10-7-14(8-11-17)5-2-1-3-6-14/h12H,1-11,15H2,(H2,16,18). The summed E-state index contributed by atoms with van der Waals surface area (Å²) >= 11 is 0. The van der Waals surface area contributed by atoms with E-state index in [0.29, 0.717) is 11.8 Å². The molecule has 0 aromatic heterocycles. The summed E-state index contributed by atoms with van der Waals surface area (Å²) in [5, 5.41) is 0. The highest BCUT2D eigenvalue weighted by atomic mass is 16.1. The van der Waals surface area contributed by atoms with Crippen LogP contribution in [0.4, 0.5) is 0 Å². The number of primary amides is 1. The summed E-state index contributed by atoms with van der Waals surface area (Å²) in [6.07, 6.45) is 10.5. The monoisotopic (exact) mass is 253 g/mol. The van der Waals surface area contributed by atoms with E-state index in [1.54, 1.807) is 0 Å². The second-order valence-electron chi connectivity index (χ2n) is 6.20. The summed E-state index contributed by atoms with van der Waals surface area (Å²) in [4.78, 5) is 13.3. The van der Waals surface area contributed by atoms with Gasteiger partial charge in [0, 0.05) is 6.54 Å². The zero-order valence-electron chi connectivity index (χ0n) is 11.4. The van der Waals surface area contributed by atoms with Gasteiger partial charge in [-0.15, -0.1) is 0 Å². The summed E-state index contributed by atoms with van der Waals surface area (Å²) < 4.78 is 0. The molecular weight excluding hydrogens is 226 g/mol. The first-order valence-electron chi connectivity index (χ1n) is 7.39. The molecule has 1 aliphatic carbocycles. The van der Waals surface area contributed by atoms with Crippen LogP contribution in [0.5, 0.6) is 0 Å². The van der Waals surface area contributed by atoms with Gasteiger partial charge in [-0.2, -0.15) is 0 Å². The van der Waals surface area contributed by atoms with Crippen LogP contribution in [0.15, 0.2) is 0 Å². The summed E-state index contributed by atoms with van der Waals surface area (Å²) in [5.74, 6) is -0.379. The molecule has 4 heteroatoms. The van der Waals surface area contributed by atoms with Crippen molar-refractivity contribution in [1.29, 1.82) is 0 Å². The third-order valence-corrected chi connectivity index (χ3v) is 4.95. The fraction of sp³-hybridized carbons (Fsp3) is 0.929. The Morgan fingerprint density at radius 3 is 2.28 bits per heavy atom. The van der Waals surface area contributed by atoms with Crippen molar-refractivity contribution in [3.05, 3.63) is 0 Å². The molecule has 4 nitrogen and oxygen atoms in total. The first kappa shape index (κ1) is 13.8. The van der Waals surface area contributed by atoms with Gasteiger partial charge in [0.05, 0.1) is 6.04 Å². The molecule has 2 rings (SSSR count). The quantitative estimate of drug-likeness (QED) is 0.791. The Bertz CT molecular complexity index is 277. The number of amides is 1. The van der Waals surface area contributed by atoms with Crippen LogP contribution >= 0.6 is 0 Å². The number of nitrogens with two attached hydrogens (primary N) is 2. The Balaban J connectivity index is 1.71. The Kier molecular flexibility index (Phi) is 4.62. The topological polar surface area (TPSA) is 72.3 Å². The summed E-state index contributed by atoms with van der Waals surface area (Å²) in [5.41, 5.74) is 11.5. The molecule has 18 heavy (non-hydrogen) atoms. The fourth-order valence-corrected chi connectivity index (χ4v) is 3.52. The Labute approximate surface area is 110 Å². The Hall–Kier alpha value is -0.610. The minimum Gasteiger partial charge on any atom is -0.368 e. The maximum atomic E-state index is 10.9. The van der Waals surface area contributed by atoms with Gasteiger partial charge < -0.3 is 16.4 Å². The van der Waals surface area contributed by atoms with Gasteiger partial charge in [-0.25, -0.2) is 0 Å². The lowest BCUT2D eigenvalue weighted by Crippen LogP contribution is -2.44. The summed E-state index contributed by atoms with van der Waals surface area (Å²) in [6.45, 7) is 3.26. The average molecular weight is 253 g/mol. The van der Waals surface area contributed by atoms with Crippen LogP contribution in [-0.2, 0) is 4.79 Å². The van der Waals surface area contributed by atoms with Crippen LogP contribution in [0.25, 0.3) is 0 Å². The maximum absolute atomic E-state index is 10.9. The van der Waals surface area contributed by atoms with Crippen molar-refractivity contribution >= 4 is 5.91 Å². The minimum absolute atomic E-state index is 0.379. The zero-order valence-corrected chi connectivity index (χ0v) is 11.4. The van der Waals surface area contributed by atoms with Crippen LogP contribution in [0.1, 0.15) is 51.4 Å². The molecule has 1 atom stereocenters. The second kappa shape index (κ2) is 6.02. The van der Waals surface area contributed by atoms with Crippen molar-refractivity contribution in [2.45, 2.75) is 57.4 Å². The predicted molar refractivity (Wildman–Crippen MR) is 73.0 cm³/mol. The van der Waals surface area contributed by atoms with E-state index >= 15 is 0 Å². The number of carbonyl (C=O) groups excluding carboxylic acids is 1. The highest BCUT2D eigenvalue weighted by molar-refractivity contribution is 5.79. The summed E-state index contributed by atoms with van der Waals surface area (Å²) in [7, 11) is 0. The lowest BCUT2D eigenvalue weighted by atomic mass is 9.68. The van der Waals surface area contributed by atoms with E-state index in [-0.39, 0.29) is 5.91 Å². The molecule has 0 radical (unpaired) electrons. The van der Waals surface area contributed by atoms with Crippen molar-refractivity contribution in [2.24, 2.45) is 16.9 Å². The average Bonchev–Trinajstić information content (AvgIpc) is 2.39. The van der Waals surface area contributed by atoms with Crippen LogP contribution in [0.3, 0.4) is 0 Å². The molecule has 104 valence electrons. The van der Waals surface area contributed by atoms with E-state index in [0.717, 1.165) is 6.54 Å². The normalized spacial score (nSPS) is 26.1. The molecule has 1 aliphatic heterocycles. The molecule has 1 saturated heterocycles. The van der Waals surface area contributed by atoms with Gasteiger partial charge in [0.1, 0.15) is 0 Å². The molecule has 0 aromatic carbocycles. The van der Waals surface area contributed by atoms with Crippen LogP contribution in [0.2, 0.25) is 0 Å². The van der Waals surface area contributed by atoms with E-state index in [1.165, 1.54) is 58.0 Å². The van der Waals surface area contributed by atoms with E-state index in [2.05, 4.69) is 4.90 Å². The number of hydrogen-bond donors (Lipinski definition) is 2. The zero-order chi connectivity index (χ0) is 13.0. The molecule has 1 heterocycles. The van der Waals surface area contributed by atoms with E-state index in [9.17, 15) is 4.79 Å². The molecule has 1 unspecified atom stereocenters. The van der Waals surface area contributed by atoms with Crippen molar-refractivity contribution in [3.8, 4) is 0 Å². The van der Waals surface area contributed by atoms with Crippen molar-refractivity contribution in [3.63, 3.8) is 0 Å². The van der Waals surface area contributed by atoms with Gasteiger partial charge in [0.25, 0.3) is 0 Å². The van der Waals surface area contributed by atoms with Crippen molar-refractivity contribution < 1.29 is 4.79 Å². The molecule has 2 aliphatic rings. The minimum atomic E-state index is -0.476. The molecule has 0 aromatic rings. The molecule has 1 saturated carbocycles. The lowest BCUT2D eigenvalue weighted by Gasteiger charge is -2.44. The highest BCUT2D eigenvalue weighted by Crippen LogP contribution is 2.44. The molecule has 4 N–H and O–H groups in total. The van der Waals surface area contributed by atoms with Crippen LogP contribution < -0.4 is 11.5 Å². The predicted octanol–water partition coefficient (Wildman–Crippen LogP) is 1.24. The number of likely N-dealkylation sites (tertiary alicyclic amines) is 1. The van der Waals surface area contributed by atoms with E-state index in [1.807, 2.05) is 0 Å². The van der Waals surface area contributed by atoms with Gasteiger partial charge in [-0.05, 0) is 50.6 Å². The number of hydrogen-bond acceptors (Lipinski definition) is 3. The van der Waals surface area contributed by atoms with Crippen LogP contribution in [-0.4, -0.2) is 36.5 Å². The lowest BCUT2D eigenvalue weighted by molar-refractivity contribution is -0.119. The Morgan fingerprint density at radius 2 is 1.72 bits per heavy atom. The SMILES string of the molecule is NC(=O)C(N)CCN1CCC2(CCCCC2)CC1. The van der Waals surface area contributed by atoms with Crippen molar-refractivity contribution in [2.75, 3.05) is 19.6 Å². The number of nitrogens with zero attached hydrogens (tertiary/aromatic N) is 1. The van der Waals surface area contributed by atoms with Gasteiger partial charge in [0.2, 0.25) is 5.91 Å². The van der Waals surface area contributed by atoms with Gasteiger partial charge in [-0.1, -0.05) is 19.3 Å². The number of rotatable bonds is 4. The van der Waals surface area contributed by atoms with Gasteiger partial charge in [-0.3, -0.25) is 4.79 Å². The van der Waals surface area contributed by atoms with Crippen molar-refractivity contribution in [1.82, 2.24) is 4.90 Å². The maximum Gasteiger partial charge on any atom is 0.234 e. The molecule has 1 amide bonds. The molecule has 0 bridgehead atoms. The first-order chi connectivity index (χ1) is 8.61. The molecule has 1 spiro atoms. The Morgan fingerprint density at radius 1 is 1.11 bits per heavy atom. The third kappa shape index (κ3) is 3.45. The largest absolute Gasteiger partial charge is 0.368 e. The number of carbonyl (C=O) groups is 1. The van der Waals surface area contributed by atoms with Gasteiger partial charge in [0.15, 0.2) is 0 Å².